The van der Waals surface area contributed by atoms with E-state index in [0.29, 0.717) is 5.92 Å². The molecule has 4 nitrogen and oxygen atoms in total. The Bertz CT molecular complexity index is 375. The zero-order valence-corrected chi connectivity index (χ0v) is 11.4. The van der Waals surface area contributed by atoms with Crippen LogP contribution in [0.5, 0.6) is 5.88 Å². The maximum atomic E-state index is 5.93. The lowest BCUT2D eigenvalue weighted by Gasteiger charge is -2.15. The highest BCUT2D eigenvalue weighted by Crippen LogP contribution is 2.27. The minimum absolute atomic E-state index is 0.715. The molecule has 0 aliphatic heterocycles. The average Bonchev–Trinajstić information content (AvgIpc) is 2.91. The molecule has 1 aliphatic rings. The van der Waals surface area contributed by atoms with Crippen molar-refractivity contribution in [3.63, 3.8) is 0 Å². The molecule has 1 aromatic rings. The van der Waals surface area contributed by atoms with Crippen LogP contribution in [0.4, 0.5) is 5.82 Å². The molecule has 0 aromatic carbocycles. The van der Waals surface area contributed by atoms with Crippen LogP contribution in [0.3, 0.4) is 0 Å². The summed E-state index contributed by atoms with van der Waals surface area (Å²) in [6.07, 6.45) is 8.90. The Morgan fingerprint density at radius 1 is 1.33 bits per heavy atom. The Labute approximate surface area is 109 Å². The van der Waals surface area contributed by atoms with E-state index in [9.17, 15) is 0 Å². The molecule has 0 saturated heterocycles. The van der Waals surface area contributed by atoms with Crippen LogP contribution in [-0.2, 0) is 6.42 Å². The van der Waals surface area contributed by atoms with E-state index >= 15 is 0 Å². The summed E-state index contributed by atoms with van der Waals surface area (Å²) in [6.45, 7) is 2.96. The predicted octanol–water partition coefficient (Wildman–Crippen LogP) is 3.04. The lowest BCUT2D eigenvalue weighted by Crippen LogP contribution is -2.12. The van der Waals surface area contributed by atoms with Gasteiger partial charge in [-0.1, -0.05) is 26.2 Å². The third-order valence-electron chi connectivity index (χ3n) is 3.57. The molecule has 1 N–H and O–H groups in total. The number of aromatic nitrogens is 2. The molecule has 1 aromatic heterocycles. The molecule has 0 unspecified atom stereocenters. The van der Waals surface area contributed by atoms with Gasteiger partial charge in [0.15, 0.2) is 0 Å². The second-order valence-corrected chi connectivity index (χ2v) is 4.97. The van der Waals surface area contributed by atoms with Gasteiger partial charge in [0.2, 0.25) is 5.88 Å². The van der Waals surface area contributed by atoms with E-state index in [4.69, 9.17) is 4.74 Å². The van der Waals surface area contributed by atoms with Gasteiger partial charge in [-0.25, -0.2) is 9.97 Å². The molecule has 1 fully saturated rings. The molecule has 4 heteroatoms. The summed E-state index contributed by atoms with van der Waals surface area (Å²) in [7, 11) is 1.89. The van der Waals surface area contributed by atoms with Crippen molar-refractivity contribution < 1.29 is 4.74 Å². The third kappa shape index (κ3) is 3.12. The van der Waals surface area contributed by atoms with Gasteiger partial charge in [0.1, 0.15) is 12.1 Å². The first-order chi connectivity index (χ1) is 8.85. The second kappa shape index (κ2) is 6.57. The summed E-state index contributed by atoms with van der Waals surface area (Å²) < 4.78 is 5.93. The topological polar surface area (TPSA) is 47.0 Å². The number of nitrogens with one attached hydrogen (secondary N) is 1. The molecule has 100 valence electrons. The minimum atomic E-state index is 0.715. The van der Waals surface area contributed by atoms with Crippen LogP contribution in [0.25, 0.3) is 0 Å². The average molecular weight is 249 g/mol. The van der Waals surface area contributed by atoms with Crippen molar-refractivity contribution >= 4 is 5.82 Å². The van der Waals surface area contributed by atoms with E-state index in [0.717, 1.165) is 36.7 Å². The Morgan fingerprint density at radius 3 is 2.78 bits per heavy atom. The van der Waals surface area contributed by atoms with Gasteiger partial charge >= 0.3 is 0 Å². The maximum Gasteiger partial charge on any atom is 0.221 e. The molecule has 0 bridgehead atoms. The van der Waals surface area contributed by atoms with Gasteiger partial charge in [0, 0.05) is 7.05 Å². The van der Waals surface area contributed by atoms with Crippen LogP contribution < -0.4 is 10.1 Å². The van der Waals surface area contributed by atoms with Crippen molar-refractivity contribution in [3.05, 3.63) is 11.9 Å². The van der Waals surface area contributed by atoms with E-state index < -0.39 is 0 Å². The van der Waals surface area contributed by atoms with E-state index in [2.05, 4.69) is 22.2 Å². The number of hydrogen-bond donors (Lipinski definition) is 1. The lowest BCUT2D eigenvalue weighted by molar-refractivity contribution is 0.241. The molecule has 18 heavy (non-hydrogen) atoms. The summed E-state index contributed by atoms with van der Waals surface area (Å²) in [6, 6.07) is 0. The van der Waals surface area contributed by atoms with Crippen molar-refractivity contribution in [1.82, 2.24) is 9.97 Å². The first kappa shape index (κ1) is 13.1. The highest BCUT2D eigenvalue weighted by atomic mass is 16.5. The number of anilines is 1. The van der Waals surface area contributed by atoms with Crippen LogP contribution >= 0.6 is 0 Å². The molecule has 1 saturated carbocycles. The first-order valence-corrected chi connectivity index (χ1v) is 6.99. The molecule has 1 heterocycles. The molecule has 1 aliphatic carbocycles. The lowest BCUT2D eigenvalue weighted by atomic mass is 10.1. The fraction of sp³-hybridized carbons (Fsp3) is 0.714. The number of ether oxygens (including phenoxy) is 1. The number of nitrogens with zero attached hydrogens (tertiary/aromatic N) is 2. The Balaban J connectivity index is 2.05. The molecule has 0 atom stereocenters. The predicted molar refractivity (Wildman–Crippen MR) is 73.0 cm³/mol. The molecular weight excluding hydrogens is 226 g/mol. The van der Waals surface area contributed by atoms with Gasteiger partial charge in [-0.05, 0) is 25.2 Å². The first-order valence-electron chi connectivity index (χ1n) is 6.99. The van der Waals surface area contributed by atoms with Gasteiger partial charge in [0.25, 0.3) is 0 Å². The van der Waals surface area contributed by atoms with E-state index in [1.807, 2.05) is 7.05 Å². The monoisotopic (exact) mass is 249 g/mol. The summed E-state index contributed by atoms with van der Waals surface area (Å²) in [5, 5.41) is 3.12. The van der Waals surface area contributed by atoms with Crippen LogP contribution in [0.1, 0.15) is 44.6 Å². The van der Waals surface area contributed by atoms with Gasteiger partial charge < -0.3 is 10.1 Å². The summed E-state index contributed by atoms with van der Waals surface area (Å²) in [5.74, 6) is 2.38. The molecular formula is C14H23N3O. The third-order valence-corrected chi connectivity index (χ3v) is 3.57. The smallest absolute Gasteiger partial charge is 0.221 e. The summed E-state index contributed by atoms with van der Waals surface area (Å²) in [5.41, 5.74) is 1.11. The van der Waals surface area contributed by atoms with E-state index in [-0.39, 0.29) is 0 Å². The van der Waals surface area contributed by atoms with Crippen molar-refractivity contribution in [1.29, 1.82) is 0 Å². The van der Waals surface area contributed by atoms with E-state index in [1.54, 1.807) is 6.33 Å². The fourth-order valence-corrected chi connectivity index (χ4v) is 2.59. The van der Waals surface area contributed by atoms with Gasteiger partial charge in [-0.3, -0.25) is 0 Å². The van der Waals surface area contributed by atoms with Crippen LogP contribution in [0.15, 0.2) is 6.33 Å². The fourth-order valence-electron chi connectivity index (χ4n) is 2.59. The van der Waals surface area contributed by atoms with Crippen LogP contribution in [0, 0.1) is 5.92 Å². The zero-order chi connectivity index (χ0) is 12.8. The molecule has 0 radical (unpaired) electrons. The SMILES string of the molecule is CCCc1c(NC)ncnc1OCC1CCCC1. The van der Waals surface area contributed by atoms with Crippen molar-refractivity contribution in [3.8, 4) is 5.88 Å². The maximum absolute atomic E-state index is 5.93. The zero-order valence-electron chi connectivity index (χ0n) is 11.4. The van der Waals surface area contributed by atoms with Crippen molar-refractivity contribution in [2.24, 2.45) is 5.92 Å². The molecule has 2 rings (SSSR count). The minimum Gasteiger partial charge on any atom is -0.477 e. The number of hydrogen-bond acceptors (Lipinski definition) is 4. The number of rotatable bonds is 6. The van der Waals surface area contributed by atoms with Crippen molar-refractivity contribution in [2.75, 3.05) is 19.0 Å². The van der Waals surface area contributed by atoms with Gasteiger partial charge in [-0.15, -0.1) is 0 Å². The van der Waals surface area contributed by atoms with Crippen LogP contribution in [-0.4, -0.2) is 23.6 Å². The highest BCUT2D eigenvalue weighted by Gasteiger charge is 2.17. The van der Waals surface area contributed by atoms with E-state index in [1.165, 1.54) is 25.7 Å². The molecule has 0 amide bonds. The Morgan fingerprint density at radius 2 is 2.11 bits per heavy atom. The Kier molecular flexibility index (Phi) is 4.79. The van der Waals surface area contributed by atoms with Gasteiger partial charge in [-0.2, -0.15) is 0 Å². The molecule has 0 spiro atoms. The second-order valence-electron chi connectivity index (χ2n) is 4.97. The Hall–Kier alpha value is -1.32. The van der Waals surface area contributed by atoms with Crippen LogP contribution in [0.2, 0.25) is 0 Å². The highest BCUT2D eigenvalue weighted by molar-refractivity contribution is 5.48. The summed E-state index contributed by atoms with van der Waals surface area (Å²) >= 11 is 0. The standard InChI is InChI=1S/C14H23N3O/c1-3-6-12-13(15-2)16-10-17-14(12)18-9-11-7-4-5-8-11/h10-11H,3-9H2,1-2H3,(H,15,16,17). The quantitative estimate of drug-likeness (QED) is 0.841. The summed E-state index contributed by atoms with van der Waals surface area (Å²) in [4.78, 5) is 8.55. The normalized spacial score (nSPS) is 15.9. The van der Waals surface area contributed by atoms with Gasteiger partial charge in [0.05, 0.1) is 12.2 Å². The largest absolute Gasteiger partial charge is 0.477 e. The van der Waals surface area contributed by atoms with Crippen molar-refractivity contribution in [2.45, 2.75) is 45.4 Å².